The maximum Gasteiger partial charge on any atom is 0.251 e. The lowest BCUT2D eigenvalue weighted by Crippen LogP contribution is -2.55. The summed E-state index contributed by atoms with van der Waals surface area (Å²) in [7, 11) is 0. The van der Waals surface area contributed by atoms with E-state index in [1.165, 1.54) is 12.8 Å². The number of hydroxylamine groups is 1. The second-order valence-electron chi connectivity index (χ2n) is 9.91. The predicted molar refractivity (Wildman–Crippen MR) is 136 cm³/mol. The van der Waals surface area contributed by atoms with Gasteiger partial charge in [-0.15, -0.1) is 0 Å². The van der Waals surface area contributed by atoms with Crippen LogP contribution in [-0.4, -0.2) is 52.6 Å². The van der Waals surface area contributed by atoms with E-state index in [1.807, 2.05) is 37.3 Å². The Morgan fingerprint density at radius 3 is 2.64 bits per heavy atom. The largest absolute Gasteiger partial charge is 0.489 e. The number of carbonyl (C=O) groups is 2. The van der Waals surface area contributed by atoms with E-state index in [0.29, 0.717) is 30.9 Å². The zero-order chi connectivity index (χ0) is 25.1. The Hall–Kier alpha value is -3.49. The molecule has 2 amide bonds. The van der Waals surface area contributed by atoms with Gasteiger partial charge in [0.15, 0.2) is 0 Å². The van der Waals surface area contributed by atoms with Crippen molar-refractivity contribution >= 4 is 22.7 Å². The summed E-state index contributed by atoms with van der Waals surface area (Å²) in [6, 6.07) is 16.7. The molecule has 8 heteroatoms. The molecule has 8 nitrogen and oxygen atoms in total. The number of aryl methyl sites for hydroxylation is 1. The Morgan fingerprint density at radius 2 is 1.89 bits per heavy atom. The monoisotopic (exact) mass is 488 g/mol. The zero-order valence-corrected chi connectivity index (χ0v) is 20.4. The smallest absolute Gasteiger partial charge is 0.251 e. The van der Waals surface area contributed by atoms with Gasteiger partial charge in [-0.05, 0) is 68.5 Å². The molecule has 2 fully saturated rings. The Labute approximate surface area is 210 Å². The molecule has 1 aliphatic heterocycles. The van der Waals surface area contributed by atoms with Crippen LogP contribution in [0.15, 0.2) is 54.6 Å². The van der Waals surface area contributed by atoms with Gasteiger partial charge in [0.25, 0.3) is 5.91 Å². The highest BCUT2D eigenvalue weighted by molar-refractivity contribution is 5.95. The van der Waals surface area contributed by atoms with Gasteiger partial charge in [0.2, 0.25) is 5.91 Å². The third kappa shape index (κ3) is 5.66. The van der Waals surface area contributed by atoms with Crippen molar-refractivity contribution in [1.29, 1.82) is 0 Å². The molecule has 0 unspecified atom stereocenters. The van der Waals surface area contributed by atoms with Gasteiger partial charge in [-0.25, -0.2) is 5.48 Å². The maximum absolute atomic E-state index is 12.9. The number of nitrogens with zero attached hydrogens (tertiary/aromatic N) is 2. The Kier molecular flexibility index (Phi) is 7.16. The Bertz CT molecular complexity index is 1240. The molecule has 1 saturated heterocycles. The van der Waals surface area contributed by atoms with Crippen LogP contribution in [0.1, 0.15) is 40.9 Å². The Morgan fingerprint density at radius 1 is 1.11 bits per heavy atom. The van der Waals surface area contributed by atoms with E-state index in [-0.39, 0.29) is 11.9 Å². The topological polar surface area (TPSA) is 104 Å². The van der Waals surface area contributed by atoms with E-state index in [1.54, 1.807) is 29.7 Å². The third-order valence-corrected chi connectivity index (χ3v) is 7.11. The molecular weight excluding hydrogens is 456 g/mol. The summed E-state index contributed by atoms with van der Waals surface area (Å²) in [6.45, 7) is 4.70. The van der Waals surface area contributed by atoms with Crippen LogP contribution in [0.2, 0.25) is 0 Å². The van der Waals surface area contributed by atoms with Gasteiger partial charge < -0.3 is 15.0 Å². The van der Waals surface area contributed by atoms with Gasteiger partial charge in [-0.2, -0.15) is 0 Å². The molecule has 1 aromatic heterocycles. The van der Waals surface area contributed by atoms with Crippen LogP contribution in [0.4, 0.5) is 0 Å². The zero-order valence-electron chi connectivity index (χ0n) is 20.4. The lowest BCUT2D eigenvalue weighted by Gasteiger charge is -2.37. The summed E-state index contributed by atoms with van der Waals surface area (Å²) < 4.78 is 6.01. The molecule has 2 atom stereocenters. The number of piperidine rings is 1. The number of fused-ring (bicyclic) bond motifs is 1. The van der Waals surface area contributed by atoms with Gasteiger partial charge in [0.05, 0.1) is 11.4 Å². The number of amides is 2. The van der Waals surface area contributed by atoms with Crippen LogP contribution in [0.25, 0.3) is 10.9 Å². The number of pyridine rings is 1. The van der Waals surface area contributed by atoms with Gasteiger partial charge in [-0.3, -0.25) is 19.8 Å². The van der Waals surface area contributed by atoms with E-state index in [4.69, 9.17) is 4.74 Å². The lowest BCUT2D eigenvalue weighted by atomic mass is 9.90. The third-order valence-electron chi connectivity index (χ3n) is 7.11. The highest BCUT2D eigenvalue weighted by Crippen LogP contribution is 2.31. The van der Waals surface area contributed by atoms with Gasteiger partial charge in [0.1, 0.15) is 12.4 Å². The minimum Gasteiger partial charge on any atom is -0.489 e. The average Bonchev–Trinajstić information content (AvgIpc) is 3.72. The first kappa shape index (κ1) is 24.2. The molecule has 188 valence electrons. The fourth-order valence-corrected chi connectivity index (χ4v) is 5.00. The fraction of sp³-hybridized carbons (Fsp3) is 0.393. The molecule has 0 spiro atoms. The van der Waals surface area contributed by atoms with Crippen LogP contribution >= 0.6 is 0 Å². The molecule has 3 aromatic rings. The summed E-state index contributed by atoms with van der Waals surface area (Å²) in [5.74, 6) is 0.192. The number of carbonyl (C=O) groups excluding carboxylic acids is 2. The van der Waals surface area contributed by atoms with Crippen molar-refractivity contribution in [2.24, 2.45) is 11.8 Å². The highest BCUT2D eigenvalue weighted by Gasteiger charge is 2.37. The number of likely N-dealkylation sites (tertiary alicyclic amines) is 1. The quantitative estimate of drug-likeness (QED) is 0.331. The first-order valence-corrected chi connectivity index (χ1v) is 12.6. The normalized spacial score (nSPS) is 20.2. The number of hydrogen-bond acceptors (Lipinski definition) is 6. The molecule has 0 bridgehead atoms. The second-order valence-corrected chi connectivity index (χ2v) is 9.91. The van der Waals surface area contributed by atoms with E-state index in [0.717, 1.165) is 41.2 Å². The summed E-state index contributed by atoms with van der Waals surface area (Å²) in [5.41, 5.74) is 5.21. The number of rotatable bonds is 8. The molecule has 2 aliphatic rings. The minimum absolute atomic E-state index is 0.242. The molecule has 1 saturated carbocycles. The van der Waals surface area contributed by atoms with E-state index in [2.05, 4.69) is 15.2 Å². The van der Waals surface area contributed by atoms with Crippen LogP contribution in [-0.2, 0) is 11.4 Å². The number of hydrogen-bond donors (Lipinski definition) is 3. The number of para-hydroxylation sites is 1. The SMILES string of the molecule is Cc1cc(COc2ccc(C(=O)N[C@@H]3CCN(CC4CC4)C[C@@H]3C(=O)NO)cc2)c2ccccc2n1. The molecule has 0 radical (unpaired) electrons. The molecule has 1 aliphatic carbocycles. The first-order valence-electron chi connectivity index (χ1n) is 12.6. The average molecular weight is 489 g/mol. The molecule has 36 heavy (non-hydrogen) atoms. The van der Waals surface area contributed by atoms with Crippen LogP contribution < -0.4 is 15.5 Å². The molecule has 5 rings (SSSR count). The van der Waals surface area contributed by atoms with Crippen molar-refractivity contribution in [2.45, 2.75) is 38.8 Å². The van der Waals surface area contributed by atoms with Crippen LogP contribution in [0.3, 0.4) is 0 Å². The summed E-state index contributed by atoms with van der Waals surface area (Å²) in [6.07, 6.45) is 3.15. The van der Waals surface area contributed by atoms with Gasteiger partial charge in [-0.1, -0.05) is 18.2 Å². The van der Waals surface area contributed by atoms with Gasteiger partial charge >= 0.3 is 0 Å². The lowest BCUT2D eigenvalue weighted by molar-refractivity contribution is -0.136. The molecule has 2 heterocycles. The number of ether oxygens (including phenoxy) is 1. The van der Waals surface area contributed by atoms with Gasteiger partial charge in [0, 0.05) is 47.9 Å². The fourth-order valence-electron chi connectivity index (χ4n) is 5.00. The summed E-state index contributed by atoms with van der Waals surface area (Å²) in [4.78, 5) is 32.1. The van der Waals surface area contributed by atoms with Crippen molar-refractivity contribution < 1.29 is 19.5 Å². The number of aromatic nitrogens is 1. The van der Waals surface area contributed by atoms with E-state index < -0.39 is 11.8 Å². The standard InChI is InChI=1S/C28H32N4O4/c1-18-14-21(23-4-2-3-5-25(23)29-18)17-36-22-10-8-20(9-11-22)27(33)30-26-12-13-32(15-19-6-7-19)16-24(26)28(34)31-35/h2-5,8-11,14,19,24,26,35H,6-7,12-13,15-17H2,1H3,(H,30,33)(H,31,34)/t24-,26+/m0/s1. The predicted octanol–water partition coefficient (Wildman–Crippen LogP) is 3.46. The molecule has 2 aromatic carbocycles. The van der Waals surface area contributed by atoms with Crippen molar-refractivity contribution in [3.63, 3.8) is 0 Å². The van der Waals surface area contributed by atoms with Crippen molar-refractivity contribution in [1.82, 2.24) is 20.7 Å². The summed E-state index contributed by atoms with van der Waals surface area (Å²) in [5, 5.41) is 13.3. The summed E-state index contributed by atoms with van der Waals surface area (Å²) >= 11 is 0. The molecular formula is C28H32N4O4. The highest BCUT2D eigenvalue weighted by atomic mass is 16.5. The van der Waals surface area contributed by atoms with E-state index >= 15 is 0 Å². The van der Waals surface area contributed by atoms with Crippen LogP contribution in [0.5, 0.6) is 5.75 Å². The maximum atomic E-state index is 12.9. The second kappa shape index (κ2) is 10.6. The van der Waals surface area contributed by atoms with Crippen LogP contribution in [0, 0.1) is 18.8 Å². The van der Waals surface area contributed by atoms with E-state index in [9.17, 15) is 14.8 Å². The van der Waals surface area contributed by atoms with Crippen molar-refractivity contribution in [3.8, 4) is 5.75 Å². The number of benzene rings is 2. The Balaban J connectivity index is 1.20. The minimum atomic E-state index is -0.493. The molecule has 3 N–H and O–H groups in total. The van der Waals surface area contributed by atoms with Crippen molar-refractivity contribution in [3.05, 3.63) is 71.4 Å². The van der Waals surface area contributed by atoms with Crippen molar-refractivity contribution in [2.75, 3.05) is 19.6 Å². The number of nitrogens with one attached hydrogen (secondary N) is 2. The first-order chi connectivity index (χ1) is 17.5.